The van der Waals surface area contributed by atoms with E-state index in [4.69, 9.17) is 0 Å². The zero-order chi connectivity index (χ0) is 19.8. The third kappa shape index (κ3) is 2.52. The molecule has 2 aromatic carbocycles. The molecule has 1 aliphatic carbocycles. The maximum Gasteiger partial charge on any atom is 0.244 e. The predicted octanol–water partition coefficient (Wildman–Crippen LogP) is 2.06. The van der Waals surface area contributed by atoms with Gasteiger partial charge in [-0.15, -0.1) is 0 Å². The minimum Gasteiger partial charge on any atom is -0.207 e. The number of fused-ring (bicyclic) bond motifs is 3. The second-order valence-electron chi connectivity index (χ2n) is 7.64. The first-order chi connectivity index (χ1) is 13.2. The van der Waals surface area contributed by atoms with E-state index in [-0.39, 0.29) is 34.0 Å². The Hall–Kier alpha value is -2.00. The average Bonchev–Trinajstić information content (AvgIpc) is 3.53. The number of rotatable bonds is 4. The third-order valence-electron chi connectivity index (χ3n) is 5.74. The van der Waals surface area contributed by atoms with Crippen LogP contribution >= 0.6 is 0 Å². The Morgan fingerprint density at radius 1 is 0.607 bits per heavy atom. The van der Waals surface area contributed by atoms with Gasteiger partial charge in [0.05, 0.1) is 34.0 Å². The van der Waals surface area contributed by atoms with Crippen molar-refractivity contribution in [1.29, 1.82) is 0 Å². The Bertz CT molecular complexity index is 1090. The van der Waals surface area contributed by atoms with E-state index in [9.17, 15) is 16.8 Å². The van der Waals surface area contributed by atoms with Gasteiger partial charge in [0, 0.05) is 0 Å². The van der Waals surface area contributed by atoms with Gasteiger partial charge in [-0.3, -0.25) is 0 Å². The Balaban J connectivity index is 1.43. The number of benzene rings is 2. The zero-order valence-electron chi connectivity index (χ0n) is 15.4. The first kappa shape index (κ1) is 18.1. The highest BCUT2D eigenvalue weighted by atomic mass is 32.2. The van der Waals surface area contributed by atoms with E-state index >= 15 is 0 Å². The van der Waals surface area contributed by atoms with Crippen LogP contribution in [0.15, 0.2) is 70.5 Å². The van der Waals surface area contributed by atoms with Gasteiger partial charge in [-0.2, -0.15) is 8.61 Å². The lowest BCUT2D eigenvalue weighted by molar-refractivity contribution is 0.527. The molecule has 5 rings (SSSR count). The summed E-state index contributed by atoms with van der Waals surface area (Å²) in [5, 5.41) is 0. The highest BCUT2D eigenvalue weighted by Crippen LogP contribution is 2.53. The van der Waals surface area contributed by atoms with Crippen LogP contribution < -0.4 is 0 Å². The van der Waals surface area contributed by atoms with Gasteiger partial charge >= 0.3 is 0 Å². The summed E-state index contributed by atoms with van der Waals surface area (Å²) in [6.45, 7) is 3.80. The second-order valence-corrected chi connectivity index (χ2v) is 11.3. The monoisotopic (exact) mass is 416 g/mol. The maximum atomic E-state index is 13.0. The van der Waals surface area contributed by atoms with Crippen LogP contribution in [0.2, 0.25) is 0 Å². The lowest BCUT2D eigenvalue weighted by Gasteiger charge is -2.08. The molecule has 8 heteroatoms. The third-order valence-corrected chi connectivity index (χ3v) is 9.56. The van der Waals surface area contributed by atoms with Gasteiger partial charge in [0.1, 0.15) is 0 Å². The molecule has 0 aromatic heterocycles. The van der Waals surface area contributed by atoms with Crippen LogP contribution in [0.4, 0.5) is 0 Å². The van der Waals surface area contributed by atoms with Gasteiger partial charge in [-0.1, -0.05) is 47.5 Å². The van der Waals surface area contributed by atoms with Gasteiger partial charge in [0.25, 0.3) is 0 Å². The summed E-state index contributed by atoms with van der Waals surface area (Å²) in [4.78, 5) is 0.483. The van der Waals surface area contributed by atoms with E-state index in [1.165, 1.54) is 8.61 Å². The smallest absolute Gasteiger partial charge is 0.207 e. The minimum atomic E-state index is -3.65. The summed E-state index contributed by atoms with van der Waals surface area (Å²) in [7, 11) is -7.30. The molecule has 0 bridgehead atoms. The molecule has 0 radical (unpaired) electrons. The van der Waals surface area contributed by atoms with Crippen LogP contribution in [-0.2, 0) is 20.0 Å². The quantitative estimate of drug-likeness (QED) is 0.565. The van der Waals surface area contributed by atoms with Crippen molar-refractivity contribution >= 4 is 20.0 Å². The fourth-order valence-electron chi connectivity index (χ4n) is 4.13. The molecule has 0 spiro atoms. The molecule has 0 saturated carbocycles. The van der Waals surface area contributed by atoms with E-state index in [0.717, 1.165) is 11.1 Å². The maximum absolute atomic E-state index is 13.0. The van der Waals surface area contributed by atoms with Crippen LogP contribution in [0.3, 0.4) is 0 Å². The van der Waals surface area contributed by atoms with Crippen molar-refractivity contribution < 1.29 is 16.8 Å². The number of hydrogen-bond acceptors (Lipinski definition) is 4. The largest absolute Gasteiger partial charge is 0.244 e. The molecule has 2 heterocycles. The number of sulfonamides is 2. The molecular weight excluding hydrogens is 396 g/mol. The average molecular weight is 417 g/mol. The van der Waals surface area contributed by atoms with Crippen LogP contribution in [0.25, 0.3) is 0 Å². The first-order valence-corrected chi connectivity index (χ1v) is 12.0. The van der Waals surface area contributed by atoms with Crippen molar-refractivity contribution in [1.82, 2.24) is 8.61 Å². The van der Waals surface area contributed by atoms with Crippen molar-refractivity contribution in [3.05, 3.63) is 71.8 Å². The molecular formula is C20H20N2O4S2. The van der Waals surface area contributed by atoms with Crippen LogP contribution in [0.1, 0.15) is 11.1 Å². The van der Waals surface area contributed by atoms with E-state index in [1.807, 2.05) is 26.0 Å². The molecule has 0 N–H and O–H groups in total. The lowest BCUT2D eigenvalue weighted by atomic mass is 10.1. The van der Waals surface area contributed by atoms with E-state index in [0.29, 0.717) is 0 Å². The topological polar surface area (TPSA) is 74.3 Å². The molecule has 0 amide bonds. The molecule has 6 nitrogen and oxygen atoms in total. The molecule has 6 atom stereocenters. The van der Waals surface area contributed by atoms with Gasteiger partial charge in [-0.05, 0) is 38.1 Å². The first-order valence-electron chi connectivity index (χ1n) is 9.12. The van der Waals surface area contributed by atoms with E-state index in [1.54, 1.807) is 48.5 Å². The van der Waals surface area contributed by atoms with Gasteiger partial charge in [0.2, 0.25) is 20.0 Å². The molecule has 2 saturated heterocycles. The number of aryl methyl sites for hydroxylation is 2. The van der Waals surface area contributed by atoms with Crippen LogP contribution in [0.5, 0.6) is 0 Å². The Kier molecular flexibility index (Phi) is 3.71. The van der Waals surface area contributed by atoms with Crippen molar-refractivity contribution in [2.75, 3.05) is 0 Å². The standard InChI is InChI=1S/C20H20N2O4S2/c1-13-3-7-15(8-4-13)27(23,24)21-17-11-12-18-20(19(17)21)22(18)28(25,26)16-9-5-14(2)6-10-16/h3-12,17-20H,1-2H3/t17-,18+,19-,20+,21?,22?. The summed E-state index contributed by atoms with van der Waals surface area (Å²) in [5.41, 5.74) is 1.97. The molecule has 28 heavy (non-hydrogen) atoms. The minimum absolute atomic E-state index is 0.242. The second kappa shape index (κ2) is 5.76. The van der Waals surface area contributed by atoms with Crippen molar-refractivity contribution in [2.24, 2.45) is 0 Å². The molecule has 3 aliphatic rings. The summed E-state index contributed by atoms with van der Waals surface area (Å²) in [6, 6.07) is 12.3. The predicted molar refractivity (Wildman–Crippen MR) is 105 cm³/mol. The highest BCUT2D eigenvalue weighted by molar-refractivity contribution is 7.90. The molecule has 146 valence electrons. The summed E-state index contributed by atoms with van der Waals surface area (Å²) < 4.78 is 55.0. The van der Waals surface area contributed by atoms with Crippen molar-refractivity contribution in [3.8, 4) is 0 Å². The molecule has 2 aromatic rings. The zero-order valence-corrected chi connectivity index (χ0v) is 17.1. The summed E-state index contributed by atoms with van der Waals surface area (Å²) in [6.07, 6.45) is 3.64. The van der Waals surface area contributed by atoms with Crippen molar-refractivity contribution in [2.45, 2.75) is 47.8 Å². The van der Waals surface area contributed by atoms with Crippen LogP contribution in [0, 0.1) is 13.8 Å². The lowest BCUT2D eigenvalue weighted by Crippen LogP contribution is -2.21. The van der Waals surface area contributed by atoms with E-state index < -0.39 is 20.0 Å². The highest BCUT2D eigenvalue weighted by Gasteiger charge is 2.72. The number of hydrogen-bond donors (Lipinski definition) is 0. The van der Waals surface area contributed by atoms with Gasteiger partial charge < -0.3 is 0 Å². The van der Waals surface area contributed by atoms with E-state index in [2.05, 4.69) is 0 Å². The molecule has 2 unspecified atom stereocenters. The van der Waals surface area contributed by atoms with Crippen molar-refractivity contribution in [3.63, 3.8) is 0 Å². The SMILES string of the molecule is Cc1ccc(S(=O)(=O)N2[C@H]3[C@@H]4[C@H](C=C[C@H]32)N4S(=O)(=O)c2ccc(C)cc2)cc1. The normalized spacial score (nSPS) is 33.1. The Morgan fingerprint density at radius 3 is 1.25 bits per heavy atom. The molecule has 2 aliphatic heterocycles. The summed E-state index contributed by atoms with van der Waals surface area (Å²) >= 11 is 0. The Morgan fingerprint density at radius 2 is 0.929 bits per heavy atom. The summed E-state index contributed by atoms with van der Waals surface area (Å²) in [5.74, 6) is 0. The Labute approximate surface area is 165 Å². The van der Waals surface area contributed by atoms with Gasteiger partial charge in [-0.25, -0.2) is 16.8 Å². The van der Waals surface area contributed by atoms with Crippen LogP contribution in [-0.4, -0.2) is 49.6 Å². The fourth-order valence-corrected chi connectivity index (χ4v) is 7.64. The fraction of sp³-hybridized carbons (Fsp3) is 0.300. The van der Waals surface area contributed by atoms with Gasteiger partial charge in [0.15, 0.2) is 0 Å². The molecule has 2 fully saturated rings. The number of nitrogens with zero attached hydrogens (tertiary/aromatic N) is 2.